The molecule has 0 aliphatic carbocycles. The summed E-state index contributed by atoms with van der Waals surface area (Å²) in [4.78, 5) is 11.5. The largest absolute Gasteiger partial charge is 0.308 e. The van der Waals surface area contributed by atoms with E-state index in [1.165, 1.54) is 10.6 Å². The predicted octanol–water partition coefficient (Wildman–Crippen LogP) is 2.16. The van der Waals surface area contributed by atoms with E-state index >= 15 is 0 Å². The van der Waals surface area contributed by atoms with Gasteiger partial charge < -0.3 is 4.57 Å². The quantitative estimate of drug-likeness (QED) is 0.854. The van der Waals surface area contributed by atoms with Gasteiger partial charge in [-0.15, -0.1) is 5.10 Å². The van der Waals surface area contributed by atoms with Gasteiger partial charge in [-0.1, -0.05) is 16.1 Å². The minimum atomic E-state index is -0.0951. The van der Waals surface area contributed by atoms with Crippen LogP contribution in [0.3, 0.4) is 0 Å². The summed E-state index contributed by atoms with van der Waals surface area (Å²) in [6, 6.07) is 3.18. The van der Waals surface area contributed by atoms with Crippen LogP contribution in [-0.2, 0) is 6.54 Å². The molecule has 15 heavy (non-hydrogen) atoms. The SMILES string of the molecule is O=c1ccc(Br)cn1Cc1nnsc1Cl. The highest BCUT2D eigenvalue weighted by Gasteiger charge is 2.06. The first-order chi connectivity index (χ1) is 7.16. The van der Waals surface area contributed by atoms with Crippen molar-refractivity contribution in [2.45, 2.75) is 6.54 Å². The van der Waals surface area contributed by atoms with Gasteiger partial charge >= 0.3 is 0 Å². The summed E-state index contributed by atoms with van der Waals surface area (Å²) in [7, 11) is 0. The van der Waals surface area contributed by atoms with Crippen LogP contribution in [0.5, 0.6) is 0 Å². The molecule has 0 radical (unpaired) electrons. The lowest BCUT2D eigenvalue weighted by Gasteiger charge is -2.02. The fourth-order valence-corrected chi connectivity index (χ4v) is 2.07. The maximum absolute atomic E-state index is 11.5. The van der Waals surface area contributed by atoms with E-state index in [9.17, 15) is 4.79 Å². The summed E-state index contributed by atoms with van der Waals surface area (Å²) in [5, 5.41) is 3.84. The van der Waals surface area contributed by atoms with E-state index in [4.69, 9.17) is 11.6 Å². The summed E-state index contributed by atoms with van der Waals surface area (Å²) in [6.07, 6.45) is 1.69. The topological polar surface area (TPSA) is 47.8 Å². The molecule has 0 atom stereocenters. The van der Waals surface area contributed by atoms with Crippen LogP contribution < -0.4 is 5.56 Å². The highest BCUT2D eigenvalue weighted by molar-refractivity contribution is 9.10. The summed E-state index contributed by atoms with van der Waals surface area (Å²) < 4.78 is 6.57. The van der Waals surface area contributed by atoms with Gasteiger partial charge in [-0.25, -0.2) is 0 Å². The van der Waals surface area contributed by atoms with Gasteiger partial charge in [0.25, 0.3) is 5.56 Å². The zero-order chi connectivity index (χ0) is 10.8. The fourth-order valence-electron chi connectivity index (χ4n) is 1.08. The lowest BCUT2D eigenvalue weighted by molar-refractivity contribution is 0.733. The Bertz CT molecular complexity index is 539. The first-order valence-electron chi connectivity index (χ1n) is 3.99. The Labute approximate surface area is 103 Å². The predicted molar refractivity (Wildman–Crippen MR) is 62.4 cm³/mol. The molecule has 0 N–H and O–H groups in total. The van der Waals surface area contributed by atoms with Crippen molar-refractivity contribution in [2.75, 3.05) is 0 Å². The molecule has 0 aliphatic rings. The van der Waals surface area contributed by atoms with E-state index in [-0.39, 0.29) is 5.56 Å². The van der Waals surface area contributed by atoms with Crippen LogP contribution in [-0.4, -0.2) is 14.2 Å². The molecule has 0 saturated carbocycles. The van der Waals surface area contributed by atoms with Gasteiger partial charge in [0.1, 0.15) is 10.0 Å². The average Bonchev–Trinajstić information content (AvgIpc) is 2.58. The van der Waals surface area contributed by atoms with Gasteiger partial charge in [-0.05, 0) is 22.0 Å². The molecular formula is C8H5BrClN3OS. The minimum absolute atomic E-state index is 0.0951. The van der Waals surface area contributed by atoms with Crippen LogP contribution in [0.25, 0.3) is 0 Å². The van der Waals surface area contributed by atoms with Crippen LogP contribution in [0.2, 0.25) is 4.34 Å². The number of hydrogen-bond acceptors (Lipinski definition) is 4. The van der Waals surface area contributed by atoms with E-state index in [2.05, 4.69) is 25.5 Å². The lowest BCUT2D eigenvalue weighted by atomic mass is 10.4. The Morgan fingerprint density at radius 2 is 2.33 bits per heavy atom. The third-order valence-electron chi connectivity index (χ3n) is 1.78. The Morgan fingerprint density at radius 1 is 1.53 bits per heavy atom. The van der Waals surface area contributed by atoms with Gasteiger partial charge in [-0.2, -0.15) is 0 Å². The number of pyridine rings is 1. The smallest absolute Gasteiger partial charge is 0.250 e. The van der Waals surface area contributed by atoms with Crippen molar-refractivity contribution in [1.29, 1.82) is 0 Å². The van der Waals surface area contributed by atoms with E-state index in [1.54, 1.807) is 12.3 Å². The van der Waals surface area contributed by atoms with Crippen molar-refractivity contribution < 1.29 is 0 Å². The van der Waals surface area contributed by atoms with Crippen molar-refractivity contribution in [3.05, 3.63) is 43.2 Å². The molecule has 2 rings (SSSR count). The van der Waals surface area contributed by atoms with Crippen LogP contribution in [0, 0.1) is 0 Å². The normalized spacial score (nSPS) is 10.5. The van der Waals surface area contributed by atoms with Crippen molar-refractivity contribution in [2.24, 2.45) is 0 Å². The molecule has 2 aromatic heterocycles. The molecule has 0 amide bonds. The van der Waals surface area contributed by atoms with Gasteiger partial charge in [0, 0.05) is 28.3 Å². The first kappa shape index (κ1) is 10.8. The second-order valence-corrected chi connectivity index (χ2v) is 5.08. The Kier molecular flexibility index (Phi) is 3.18. The van der Waals surface area contributed by atoms with E-state index in [0.29, 0.717) is 16.6 Å². The van der Waals surface area contributed by atoms with Crippen molar-refractivity contribution in [1.82, 2.24) is 14.2 Å². The third-order valence-corrected chi connectivity index (χ3v) is 3.23. The van der Waals surface area contributed by atoms with Crippen molar-refractivity contribution in [3.63, 3.8) is 0 Å². The fraction of sp³-hybridized carbons (Fsp3) is 0.125. The number of aromatic nitrogens is 3. The van der Waals surface area contributed by atoms with E-state index in [0.717, 1.165) is 16.0 Å². The molecule has 0 fully saturated rings. The Hall–Kier alpha value is -0.720. The number of hydrogen-bond donors (Lipinski definition) is 0. The molecule has 0 unspecified atom stereocenters. The molecule has 78 valence electrons. The molecule has 0 spiro atoms. The highest BCUT2D eigenvalue weighted by atomic mass is 79.9. The second-order valence-electron chi connectivity index (χ2n) is 2.81. The van der Waals surface area contributed by atoms with Gasteiger partial charge in [0.05, 0.1) is 6.54 Å². The zero-order valence-corrected chi connectivity index (χ0v) is 10.5. The molecule has 0 aromatic carbocycles. The average molecular weight is 307 g/mol. The van der Waals surface area contributed by atoms with Crippen LogP contribution >= 0.6 is 39.1 Å². The van der Waals surface area contributed by atoms with Gasteiger partial charge in [0.15, 0.2) is 0 Å². The number of nitrogens with zero attached hydrogens (tertiary/aromatic N) is 3. The molecule has 0 saturated heterocycles. The minimum Gasteiger partial charge on any atom is -0.308 e. The van der Waals surface area contributed by atoms with E-state index < -0.39 is 0 Å². The second kappa shape index (κ2) is 4.42. The monoisotopic (exact) mass is 305 g/mol. The standard InChI is InChI=1S/C8H5BrClN3OS/c9-5-1-2-7(14)13(3-5)4-6-8(10)15-12-11-6/h1-3H,4H2. The maximum atomic E-state index is 11.5. The molecule has 4 nitrogen and oxygen atoms in total. The summed E-state index contributed by atoms with van der Waals surface area (Å²) in [5.41, 5.74) is 0.518. The third kappa shape index (κ3) is 2.45. The highest BCUT2D eigenvalue weighted by Crippen LogP contribution is 2.18. The lowest BCUT2D eigenvalue weighted by Crippen LogP contribution is -2.19. The Morgan fingerprint density at radius 3 is 3.00 bits per heavy atom. The molecule has 7 heteroatoms. The number of halogens is 2. The molecule has 2 aromatic rings. The maximum Gasteiger partial charge on any atom is 0.250 e. The van der Waals surface area contributed by atoms with E-state index in [1.807, 2.05) is 0 Å². The van der Waals surface area contributed by atoms with Crippen molar-refractivity contribution >= 4 is 39.1 Å². The van der Waals surface area contributed by atoms with Gasteiger partial charge in [-0.3, -0.25) is 4.79 Å². The molecule has 2 heterocycles. The summed E-state index contributed by atoms with van der Waals surface area (Å²) in [5.74, 6) is 0. The van der Waals surface area contributed by atoms with Crippen molar-refractivity contribution in [3.8, 4) is 0 Å². The van der Waals surface area contributed by atoms with Crippen LogP contribution in [0.4, 0.5) is 0 Å². The first-order valence-corrected chi connectivity index (χ1v) is 5.94. The molecular weight excluding hydrogens is 302 g/mol. The summed E-state index contributed by atoms with van der Waals surface area (Å²) >= 11 is 10.3. The van der Waals surface area contributed by atoms with Crippen LogP contribution in [0.1, 0.15) is 5.69 Å². The molecule has 0 aliphatic heterocycles. The Balaban J connectivity index is 2.36. The zero-order valence-electron chi connectivity index (χ0n) is 7.35. The number of rotatable bonds is 2. The summed E-state index contributed by atoms with van der Waals surface area (Å²) in [6.45, 7) is 0.341. The van der Waals surface area contributed by atoms with Gasteiger partial charge in [0.2, 0.25) is 0 Å². The molecule has 0 bridgehead atoms. The van der Waals surface area contributed by atoms with Crippen LogP contribution in [0.15, 0.2) is 27.6 Å².